The molecule has 6 heteroatoms. The molecule has 5 rings (SSSR count). The Hall–Kier alpha value is -3.38. The summed E-state index contributed by atoms with van der Waals surface area (Å²) in [5, 5.41) is 7.69. The van der Waals surface area contributed by atoms with Crippen molar-refractivity contribution < 1.29 is 14.0 Å². The first-order valence-corrected chi connectivity index (χ1v) is 12.1. The molecule has 0 fully saturated rings. The molecule has 5 nitrogen and oxygen atoms in total. The molecule has 2 aromatic heterocycles. The predicted octanol–water partition coefficient (Wildman–Crippen LogP) is 5.45. The Morgan fingerprint density at radius 3 is 2.79 bits per heavy atom. The van der Waals surface area contributed by atoms with Crippen LogP contribution in [0.5, 0.6) is 0 Å². The van der Waals surface area contributed by atoms with Crippen molar-refractivity contribution in [3.8, 4) is 0 Å². The lowest BCUT2D eigenvalue weighted by molar-refractivity contribution is -0.115. The minimum absolute atomic E-state index is 0.106. The highest BCUT2D eigenvalue weighted by atomic mass is 32.1. The molecule has 0 aliphatic heterocycles. The molecule has 0 saturated carbocycles. The van der Waals surface area contributed by atoms with Crippen molar-refractivity contribution in [3.63, 3.8) is 0 Å². The van der Waals surface area contributed by atoms with Crippen LogP contribution in [-0.4, -0.2) is 18.4 Å². The fourth-order valence-corrected chi connectivity index (χ4v) is 5.77. The summed E-state index contributed by atoms with van der Waals surface area (Å²) in [6.07, 6.45) is 5.53. The van der Waals surface area contributed by atoms with Crippen LogP contribution in [0, 0.1) is 6.92 Å². The Kier molecular flexibility index (Phi) is 6.01. The van der Waals surface area contributed by atoms with Crippen LogP contribution in [0.4, 0.5) is 5.00 Å². The molecule has 1 aliphatic carbocycles. The Bertz CT molecular complexity index is 1320. The van der Waals surface area contributed by atoms with Crippen molar-refractivity contribution in [1.82, 2.24) is 5.32 Å². The average molecular weight is 459 g/mol. The first-order chi connectivity index (χ1) is 16.1. The van der Waals surface area contributed by atoms with Crippen LogP contribution in [0.25, 0.3) is 11.0 Å². The van der Waals surface area contributed by atoms with E-state index in [1.165, 1.54) is 21.8 Å². The molecular weight excluding hydrogens is 432 g/mol. The van der Waals surface area contributed by atoms with Gasteiger partial charge in [0.15, 0.2) is 0 Å². The van der Waals surface area contributed by atoms with Crippen molar-refractivity contribution in [2.45, 2.75) is 39.0 Å². The predicted molar refractivity (Wildman–Crippen MR) is 132 cm³/mol. The number of thiophene rings is 1. The van der Waals surface area contributed by atoms with Gasteiger partial charge in [-0.1, -0.05) is 42.0 Å². The lowest BCUT2D eigenvalue weighted by Gasteiger charge is -2.10. The molecule has 2 N–H and O–H groups in total. The van der Waals surface area contributed by atoms with E-state index in [-0.39, 0.29) is 18.2 Å². The molecule has 33 heavy (non-hydrogen) atoms. The zero-order chi connectivity index (χ0) is 22.8. The summed E-state index contributed by atoms with van der Waals surface area (Å²) in [5.41, 5.74) is 5.67. The number of carbonyl (C=O) groups is 2. The van der Waals surface area contributed by atoms with Crippen LogP contribution in [0.15, 0.2) is 59.2 Å². The highest BCUT2D eigenvalue weighted by Gasteiger charge is 2.27. The third kappa shape index (κ3) is 4.57. The van der Waals surface area contributed by atoms with Gasteiger partial charge in [-0.15, -0.1) is 11.3 Å². The number of furan rings is 1. The van der Waals surface area contributed by atoms with E-state index in [0.717, 1.165) is 53.3 Å². The number of benzene rings is 2. The maximum atomic E-state index is 13.1. The molecule has 0 unspecified atom stereocenters. The van der Waals surface area contributed by atoms with E-state index in [0.29, 0.717) is 17.1 Å². The molecule has 2 heterocycles. The number of nitrogens with one attached hydrogen (secondary N) is 2. The van der Waals surface area contributed by atoms with Gasteiger partial charge in [-0.3, -0.25) is 9.59 Å². The third-order valence-corrected chi connectivity index (χ3v) is 7.31. The topological polar surface area (TPSA) is 71.3 Å². The van der Waals surface area contributed by atoms with Crippen LogP contribution < -0.4 is 10.6 Å². The molecule has 168 valence electrons. The normalized spacial score (nSPS) is 12.6. The maximum Gasteiger partial charge on any atom is 0.254 e. The monoisotopic (exact) mass is 458 g/mol. The first kappa shape index (κ1) is 21.5. The fourth-order valence-electron chi connectivity index (χ4n) is 4.46. The lowest BCUT2D eigenvalue weighted by atomic mass is 10.1. The maximum absolute atomic E-state index is 13.1. The molecule has 2 aromatic carbocycles. The molecule has 0 spiro atoms. The Morgan fingerprint density at radius 2 is 1.94 bits per heavy atom. The first-order valence-electron chi connectivity index (χ1n) is 11.3. The van der Waals surface area contributed by atoms with E-state index in [2.05, 4.69) is 22.8 Å². The number of aryl methyl sites for hydroxylation is 2. The Balaban J connectivity index is 1.30. The lowest BCUT2D eigenvalue weighted by Crippen LogP contribution is -2.27. The number of rotatable bonds is 7. The van der Waals surface area contributed by atoms with Crippen molar-refractivity contribution in [2.24, 2.45) is 0 Å². The highest BCUT2D eigenvalue weighted by molar-refractivity contribution is 7.17. The summed E-state index contributed by atoms with van der Waals surface area (Å²) >= 11 is 1.54. The minimum atomic E-state index is -0.141. The second kappa shape index (κ2) is 9.24. The number of hydrogen-bond donors (Lipinski definition) is 2. The molecule has 2 amide bonds. The smallest absolute Gasteiger partial charge is 0.254 e. The second-order valence-electron chi connectivity index (χ2n) is 8.54. The van der Waals surface area contributed by atoms with Crippen molar-refractivity contribution in [2.75, 3.05) is 11.9 Å². The minimum Gasteiger partial charge on any atom is -0.464 e. The molecular formula is C27H26N2O3S. The van der Waals surface area contributed by atoms with Crippen molar-refractivity contribution >= 4 is 39.1 Å². The van der Waals surface area contributed by atoms with Gasteiger partial charge in [0, 0.05) is 22.4 Å². The van der Waals surface area contributed by atoms with Crippen LogP contribution in [0.3, 0.4) is 0 Å². The van der Waals surface area contributed by atoms with E-state index in [1.54, 1.807) is 6.26 Å². The van der Waals surface area contributed by atoms with Gasteiger partial charge in [-0.25, -0.2) is 0 Å². The fraction of sp³-hybridized carbons (Fsp3) is 0.259. The number of amides is 2. The van der Waals surface area contributed by atoms with E-state index in [4.69, 9.17) is 4.42 Å². The van der Waals surface area contributed by atoms with E-state index >= 15 is 0 Å². The van der Waals surface area contributed by atoms with E-state index in [1.807, 2.05) is 43.3 Å². The molecule has 0 bridgehead atoms. The Morgan fingerprint density at radius 1 is 1.09 bits per heavy atom. The zero-order valence-electron chi connectivity index (χ0n) is 18.6. The van der Waals surface area contributed by atoms with Gasteiger partial charge < -0.3 is 15.1 Å². The average Bonchev–Trinajstić information content (AvgIpc) is 3.49. The van der Waals surface area contributed by atoms with Gasteiger partial charge >= 0.3 is 0 Å². The standard InChI is InChI=1S/C27H26N2O3S/c1-17-10-11-22-21(14-17)19(16-32-22)15-24(30)29-27-25(20-8-5-9-23(20)33-27)26(31)28-13-12-18-6-3-2-4-7-18/h2-4,6-7,10-11,14,16H,5,8-9,12-13,15H2,1H3,(H,28,31)(H,29,30). The van der Waals surface area contributed by atoms with Gasteiger partial charge in [0.05, 0.1) is 18.2 Å². The summed E-state index contributed by atoms with van der Waals surface area (Å²) in [6, 6.07) is 16.1. The van der Waals surface area contributed by atoms with Crippen LogP contribution in [0.1, 0.15) is 43.9 Å². The molecule has 4 aromatic rings. The quantitative estimate of drug-likeness (QED) is 0.387. The summed E-state index contributed by atoms with van der Waals surface area (Å²) in [4.78, 5) is 27.3. The summed E-state index contributed by atoms with van der Waals surface area (Å²) < 4.78 is 5.61. The summed E-state index contributed by atoms with van der Waals surface area (Å²) in [5.74, 6) is -0.248. The van der Waals surface area contributed by atoms with Gasteiger partial charge in [-0.05, 0) is 55.9 Å². The van der Waals surface area contributed by atoms with Crippen LogP contribution in [-0.2, 0) is 30.5 Å². The molecule has 0 saturated heterocycles. The SMILES string of the molecule is Cc1ccc2occ(CC(=O)Nc3sc4c(c3C(=O)NCCc3ccccc3)CCC4)c2c1. The number of carbonyl (C=O) groups excluding carboxylic acids is 2. The van der Waals surface area contributed by atoms with Crippen molar-refractivity contribution in [1.29, 1.82) is 0 Å². The van der Waals surface area contributed by atoms with Crippen molar-refractivity contribution in [3.05, 3.63) is 87.5 Å². The van der Waals surface area contributed by atoms with Gasteiger partial charge in [-0.2, -0.15) is 0 Å². The summed E-state index contributed by atoms with van der Waals surface area (Å²) in [6.45, 7) is 2.58. The largest absolute Gasteiger partial charge is 0.464 e. The van der Waals surface area contributed by atoms with Gasteiger partial charge in [0.25, 0.3) is 5.91 Å². The molecule has 0 radical (unpaired) electrons. The molecule has 0 atom stereocenters. The highest BCUT2D eigenvalue weighted by Crippen LogP contribution is 2.39. The number of hydrogen-bond acceptors (Lipinski definition) is 4. The second-order valence-corrected chi connectivity index (χ2v) is 9.64. The molecule has 1 aliphatic rings. The van der Waals surface area contributed by atoms with Gasteiger partial charge in [0.1, 0.15) is 10.6 Å². The van der Waals surface area contributed by atoms with E-state index < -0.39 is 0 Å². The third-order valence-electron chi connectivity index (χ3n) is 6.10. The van der Waals surface area contributed by atoms with Gasteiger partial charge in [0.2, 0.25) is 5.91 Å². The van der Waals surface area contributed by atoms with E-state index in [9.17, 15) is 9.59 Å². The number of anilines is 1. The Labute approximate surface area is 196 Å². The number of fused-ring (bicyclic) bond motifs is 2. The zero-order valence-corrected chi connectivity index (χ0v) is 19.4. The van der Waals surface area contributed by atoms with Crippen LogP contribution >= 0.6 is 11.3 Å². The summed E-state index contributed by atoms with van der Waals surface area (Å²) in [7, 11) is 0. The van der Waals surface area contributed by atoms with Crippen LogP contribution in [0.2, 0.25) is 0 Å².